The zero-order valence-electron chi connectivity index (χ0n) is 10.6. The Morgan fingerprint density at radius 2 is 2.22 bits per heavy atom. The lowest BCUT2D eigenvalue weighted by molar-refractivity contribution is 0.224. The van der Waals surface area contributed by atoms with Crippen molar-refractivity contribution in [3.63, 3.8) is 0 Å². The molecule has 0 radical (unpaired) electrons. The molecule has 0 spiro atoms. The third-order valence-corrected chi connectivity index (χ3v) is 5.31. The maximum Gasteiger partial charge on any atom is 0.0499 e. The number of hydrogen-bond donors (Lipinski definition) is 2. The number of halogens is 2. The van der Waals surface area contributed by atoms with Crippen LogP contribution in [0.15, 0.2) is 22.7 Å². The highest BCUT2D eigenvalue weighted by molar-refractivity contribution is 14.1. The van der Waals surface area contributed by atoms with Crippen molar-refractivity contribution in [1.29, 1.82) is 0 Å². The van der Waals surface area contributed by atoms with Gasteiger partial charge < -0.3 is 0 Å². The molecule has 1 aromatic rings. The Balaban J connectivity index is 2.24. The van der Waals surface area contributed by atoms with Gasteiger partial charge in [0.1, 0.15) is 0 Å². The normalized spacial score (nSPS) is 26.0. The van der Waals surface area contributed by atoms with Gasteiger partial charge in [0.25, 0.3) is 0 Å². The summed E-state index contributed by atoms with van der Waals surface area (Å²) in [6, 6.07) is 6.73. The molecule has 2 rings (SSSR count). The van der Waals surface area contributed by atoms with Gasteiger partial charge in [0.05, 0.1) is 0 Å². The van der Waals surface area contributed by atoms with E-state index in [0.717, 1.165) is 10.4 Å². The number of nitrogens with one attached hydrogen (secondary N) is 1. The third kappa shape index (κ3) is 3.46. The average Bonchev–Trinajstić information content (AvgIpc) is 2.35. The summed E-state index contributed by atoms with van der Waals surface area (Å²) in [7, 11) is 0. The van der Waals surface area contributed by atoms with Crippen molar-refractivity contribution in [2.24, 2.45) is 17.7 Å². The maximum absolute atomic E-state index is 5.83. The first-order valence-electron chi connectivity index (χ1n) is 6.53. The van der Waals surface area contributed by atoms with E-state index in [1.165, 1.54) is 34.8 Å². The first-order valence-corrected chi connectivity index (χ1v) is 8.40. The highest BCUT2D eigenvalue weighted by atomic mass is 127. The van der Waals surface area contributed by atoms with Crippen molar-refractivity contribution < 1.29 is 0 Å². The van der Waals surface area contributed by atoms with Crippen LogP contribution in [0.1, 0.15) is 44.2 Å². The molecule has 100 valence electrons. The summed E-state index contributed by atoms with van der Waals surface area (Å²) in [6.45, 7) is 2.35. The second-order valence-corrected chi connectivity index (χ2v) is 7.44. The van der Waals surface area contributed by atoms with Gasteiger partial charge in [-0.15, -0.1) is 0 Å². The minimum Gasteiger partial charge on any atom is -0.271 e. The lowest BCUT2D eigenvalue weighted by atomic mass is 9.77. The van der Waals surface area contributed by atoms with Crippen molar-refractivity contribution in [1.82, 2.24) is 5.43 Å². The Bertz CT molecular complexity index is 411. The Morgan fingerprint density at radius 3 is 2.89 bits per heavy atom. The molecule has 0 bridgehead atoms. The molecule has 1 fully saturated rings. The van der Waals surface area contributed by atoms with Gasteiger partial charge in [-0.25, -0.2) is 0 Å². The van der Waals surface area contributed by atoms with E-state index in [9.17, 15) is 0 Å². The van der Waals surface area contributed by atoms with Crippen molar-refractivity contribution in [3.05, 3.63) is 31.8 Å². The monoisotopic (exact) mass is 422 g/mol. The van der Waals surface area contributed by atoms with E-state index in [1.54, 1.807) is 0 Å². The van der Waals surface area contributed by atoms with Gasteiger partial charge in [-0.1, -0.05) is 35.7 Å². The van der Waals surface area contributed by atoms with Crippen LogP contribution in [0.3, 0.4) is 0 Å². The largest absolute Gasteiger partial charge is 0.271 e. The second kappa shape index (κ2) is 6.68. The highest BCUT2D eigenvalue weighted by Crippen LogP contribution is 2.39. The fraction of sp³-hybridized carbons (Fsp3) is 0.571. The Kier molecular flexibility index (Phi) is 5.47. The van der Waals surface area contributed by atoms with Gasteiger partial charge in [0, 0.05) is 14.1 Å². The minimum absolute atomic E-state index is 0.261. The molecule has 1 aliphatic carbocycles. The molecule has 0 aliphatic heterocycles. The molecule has 1 saturated carbocycles. The number of rotatable bonds is 3. The molecule has 3 N–H and O–H groups in total. The first-order chi connectivity index (χ1) is 8.61. The van der Waals surface area contributed by atoms with Crippen LogP contribution in [-0.4, -0.2) is 0 Å². The second-order valence-electron chi connectivity index (χ2n) is 5.34. The summed E-state index contributed by atoms with van der Waals surface area (Å²) in [6.07, 6.45) is 5.23. The fourth-order valence-electron chi connectivity index (χ4n) is 3.02. The van der Waals surface area contributed by atoms with Crippen molar-refractivity contribution in [2.45, 2.75) is 38.6 Å². The molecule has 3 unspecified atom stereocenters. The van der Waals surface area contributed by atoms with E-state index in [4.69, 9.17) is 5.84 Å². The molecule has 1 aliphatic rings. The summed E-state index contributed by atoms with van der Waals surface area (Å²) in [5, 5.41) is 0. The summed E-state index contributed by atoms with van der Waals surface area (Å²) >= 11 is 6.01. The smallest absolute Gasteiger partial charge is 0.0499 e. The number of nitrogens with two attached hydrogens (primary N) is 1. The molecule has 2 nitrogen and oxygen atoms in total. The van der Waals surface area contributed by atoms with E-state index in [-0.39, 0.29) is 6.04 Å². The zero-order valence-corrected chi connectivity index (χ0v) is 14.4. The maximum atomic E-state index is 5.83. The van der Waals surface area contributed by atoms with Crippen LogP contribution in [0.5, 0.6) is 0 Å². The van der Waals surface area contributed by atoms with E-state index >= 15 is 0 Å². The van der Waals surface area contributed by atoms with Gasteiger partial charge in [-0.05, 0) is 71.0 Å². The molecular formula is C14H20BrIN2. The molecule has 4 heteroatoms. The van der Waals surface area contributed by atoms with E-state index in [1.807, 2.05) is 0 Å². The van der Waals surface area contributed by atoms with Crippen LogP contribution in [0, 0.1) is 15.4 Å². The van der Waals surface area contributed by atoms with Crippen LogP contribution in [0.25, 0.3) is 0 Å². The van der Waals surface area contributed by atoms with E-state index in [0.29, 0.717) is 5.92 Å². The zero-order chi connectivity index (χ0) is 13.1. The van der Waals surface area contributed by atoms with Crippen LogP contribution in [0.2, 0.25) is 0 Å². The Labute approximate surface area is 131 Å². The molecule has 3 atom stereocenters. The van der Waals surface area contributed by atoms with Crippen LogP contribution in [0.4, 0.5) is 0 Å². The summed E-state index contributed by atoms with van der Waals surface area (Å²) in [4.78, 5) is 0. The van der Waals surface area contributed by atoms with E-state index < -0.39 is 0 Å². The molecule has 0 heterocycles. The molecule has 1 aromatic carbocycles. The highest BCUT2D eigenvalue weighted by Gasteiger charge is 2.28. The van der Waals surface area contributed by atoms with E-state index in [2.05, 4.69) is 69.1 Å². The number of hydrogen-bond acceptors (Lipinski definition) is 2. The fourth-order valence-corrected chi connectivity index (χ4v) is 4.03. The van der Waals surface area contributed by atoms with Crippen LogP contribution >= 0.6 is 38.5 Å². The van der Waals surface area contributed by atoms with Crippen molar-refractivity contribution in [2.75, 3.05) is 0 Å². The van der Waals surface area contributed by atoms with Gasteiger partial charge in [-0.3, -0.25) is 11.3 Å². The van der Waals surface area contributed by atoms with Crippen LogP contribution < -0.4 is 11.3 Å². The molecule has 0 amide bonds. The standard InChI is InChI=1S/C14H20BrIN2/c1-9-3-2-4-10(7-9)14(18-17)12-8-11(16)5-6-13(12)15/h5-6,8-10,14,18H,2-4,7,17H2,1H3. The lowest BCUT2D eigenvalue weighted by Crippen LogP contribution is -2.35. The summed E-state index contributed by atoms with van der Waals surface area (Å²) < 4.78 is 2.42. The third-order valence-electron chi connectivity index (χ3n) is 3.92. The summed E-state index contributed by atoms with van der Waals surface area (Å²) in [5.74, 6) is 7.29. The SMILES string of the molecule is CC1CCCC(C(NN)c2cc(I)ccc2Br)C1. The molecule has 18 heavy (non-hydrogen) atoms. The number of benzene rings is 1. The molecule has 0 saturated heterocycles. The van der Waals surface area contributed by atoms with Crippen molar-refractivity contribution >= 4 is 38.5 Å². The quantitative estimate of drug-likeness (QED) is 0.430. The van der Waals surface area contributed by atoms with Gasteiger partial charge in [-0.2, -0.15) is 0 Å². The first kappa shape index (κ1) is 14.8. The predicted octanol–water partition coefficient (Wildman–Crippen LogP) is 4.38. The topological polar surface area (TPSA) is 38.0 Å². The molecule has 0 aromatic heterocycles. The number of hydrazine groups is 1. The van der Waals surface area contributed by atoms with Gasteiger partial charge in [0.2, 0.25) is 0 Å². The Hall–Kier alpha value is 0.350. The average molecular weight is 423 g/mol. The van der Waals surface area contributed by atoms with Crippen LogP contribution in [-0.2, 0) is 0 Å². The lowest BCUT2D eigenvalue weighted by Gasteiger charge is -2.33. The Morgan fingerprint density at radius 1 is 1.44 bits per heavy atom. The molecular weight excluding hydrogens is 403 g/mol. The van der Waals surface area contributed by atoms with Gasteiger partial charge >= 0.3 is 0 Å². The van der Waals surface area contributed by atoms with Crippen molar-refractivity contribution in [3.8, 4) is 0 Å². The van der Waals surface area contributed by atoms with Gasteiger partial charge in [0.15, 0.2) is 0 Å². The minimum atomic E-state index is 0.261. The summed E-state index contributed by atoms with van der Waals surface area (Å²) in [5.41, 5.74) is 4.34. The predicted molar refractivity (Wildman–Crippen MR) is 88.0 cm³/mol.